The quantitative estimate of drug-likeness (QED) is 0.416. The number of nitrogens with zero attached hydrogens (tertiary/aromatic N) is 3. The van der Waals surface area contributed by atoms with Gasteiger partial charge in [0.2, 0.25) is 23.5 Å². The fourth-order valence-electron chi connectivity index (χ4n) is 3.12. The van der Waals surface area contributed by atoms with E-state index >= 15 is 0 Å². The molecule has 0 aliphatic carbocycles. The third kappa shape index (κ3) is 5.02. The first-order chi connectivity index (χ1) is 15.4. The third-order valence-electron chi connectivity index (χ3n) is 5.38. The lowest BCUT2D eigenvalue weighted by atomic mass is 9.92. The summed E-state index contributed by atoms with van der Waals surface area (Å²) in [7, 11) is 0. The van der Waals surface area contributed by atoms with E-state index in [1.54, 1.807) is 13.8 Å². The van der Waals surface area contributed by atoms with Crippen molar-refractivity contribution in [3.63, 3.8) is 0 Å². The Morgan fingerprint density at radius 3 is 2.29 bits per heavy atom. The maximum atomic E-state index is 13.6. The number of rotatable bonds is 6. The summed E-state index contributed by atoms with van der Waals surface area (Å²) in [6.07, 6.45) is -9.63. The third-order valence-corrected chi connectivity index (χ3v) is 5.38. The summed E-state index contributed by atoms with van der Waals surface area (Å²) in [5, 5.41) is 3.59. The summed E-state index contributed by atoms with van der Waals surface area (Å²) in [6, 6.07) is 2.63. The number of hydrogen-bond acceptors (Lipinski definition) is 6. The molecule has 7 nitrogen and oxygen atoms in total. The average molecular weight is 493 g/mol. The van der Waals surface area contributed by atoms with Crippen LogP contribution in [0, 0.1) is 10.8 Å². The summed E-state index contributed by atoms with van der Waals surface area (Å²) >= 11 is 0. The normalized spacial score (nSPS) is 16.9. The average Bonchev–Trinajstić information content (AvgIpc) is 3.23. The fourth-order valence-corrected chi connectivity index (χ4v) is 3.12. The standard InChI is InChI=1S/C21H21F6N3O4/c1-18(2)8-15(31)30(17(18)32)9-14-28-16(29-34-14)11-5-6-13(12(7-11)20(22,23)24)33-10-19(3,4)21(25,26)27/h5-7H,8-10H2,1-4H3. The van der Waals surface area contributed by atoms with Crippen molar-refractivity contribution in [2.75, 3.05) is 6.61 Å². The minimum atomic E-state index is -4.94. The second-order valence-corrected chi connectivity index (χ2v) is 9.24. The monoisotopic (exact) mass is 493 g/mol. The van der Waals surface area contributed by atoms with Gasteiger partial charge in [0.05, 0.1) is 16.4 Å². The Bertz CT molecular complexity index is 1100. The molecule has 13 heteroatoms. The van der Waals surface area contributed by atoms with Gasteiger partial charge in [-0.2, -0.15) is 31.3 Å². The second-order valence-electron chi connectivity index (χ2n) is 9.24. The van der Waals surface area contributed by atoms with Gasteiger partial charge in [0.1, 0.15) is 18.9 Å². The number of benzene rings is 1. The molecule has 0 N–H and O–H groups in total. The topological polar surface area (TPSA) is 85.5 Å². The Morgan fingerprint density at radius 1 is 1.12 bits per heavy atom. The Kier molecular flexibility index (Phi) is 6.21. The number of ether oxygens (including phenoxy) is 1. The number of hydrogen-bond donors (Lipinski definition) is 0. The van der Waals surface area contributed by atoms with Crippen LogP contribution >= 0.6 is 0 Å². The van der Waals surface area contributed by atoms with Gasteiger partial charge in [0, 0.05) is 12.0 Å². The first-order valence-corrected chi connectivity index (χ1v) is 10.0. The zero-order chi connectivity index (χ0) is 25.7. The molecular weight excluding hydrogens is 472 g/mol. The predicted octanol–water partition coefficient (Wildman–Crippen LogP) is 5.01. The van der Waals surface area contributed by atoms with Crippen molar-refractivity contribution in [1.29, 1.82) is 0 Å². The molecule has 1 fully saturated rings. The highest BCUT2D eigenvalue weighted by molar-refractivity contribution is 6.05. The van der Waals surface area contributed by atoms with E-state index in [-0.39, 0.29) is 30.2 Å². The molecule has 1 aromatic carbocycles. The van der Waals surface area contributed by atoms with Gasteiger partial charge in [-0.1, -0.05) is 19.0 Å². The summed E-state index contributed by atoms with van der Waals surface area (Å²) in [6.45, 7) is 3.46. The van der Waals surface area contributed by atoms with Gasteiger partial charge in [0.25, 0.3) is 0 Å². The van der Waals surface area contributed by atoms with Crippen LogP contribution in [0.1, 0.15) is 45.6 Å². The first-order valence-electron chi connectivity index (χ1n) is 10.0. The van der Waals surface area contributed by atoms with Crippen molar-refractivity contribution < 1.29 is 45.2 Å². The Morgan fingerprint density at radius 2 is 1.76 bits per heavy atom. The van der Waals surface area contributed by atoms with Gasteiger partial charge < -0.3 is 9.26 Å². The van der Waals surface area contributed by atoms with Gasteiger partial charge >= 0.3 is 12.4 Å². The van der Waals surface area contributed by atoms with Gasteiger partial charge in [-0.05, 0) is 32.0 Å². The van der Waals surface area contributed by atoms with Crippen LogP contribution in [0.2, 0.25) is 0 Å². The number of amides is 2. The molecule has 186 valence electrons. The molecule has 0 unspecified atom stereocenters. The number of likely N-dealkylation sites (tertiary alicyclic amines) is 1. The molecule has 0 spiro atoms. The van der Waals surface area contributed by atoms with Gasteiger partial charge in [-0.3, -0.25) is 14.5 Å². The minimum Gasteiger partial charge on any atom is -0.492 e. The molecule has 3 rings (SSSR count). The van der Waals surface area contributed by atoms with E-state index in [0.717, 1.165) is 30.9 Å². The lowest BCUT2D eigenvalue weighted by Crippen LogP contribution is -2.37. The molecule has 0 saturated carbocycles. The predicted molar refractivity (Wildman–Crippen MR) is 104 cm³/mol. The molecule has 0 bridgehead atoms. The number of imide groups is 1. The van der Waals surface area contributed by atoms with Crippen molar-refractivity contribution in [3.05, 3.63) is 29.7 Å². The van der Waals surface area contributed by atoms with Crippen molar-refractivity contribution in [1.82, 2.24) is 15.0 Å². The first kappa shape index (κ1) is 25.5. The summed E-state index contributed by atoms with van der Waals surface area (Å²) < 4.78 is 89.7. The Labute approximate surface area is 190 Å². The van der Waals surface area contributed by atoms with Crippen molar-refractivity contribution in [3.8, 4) is 17.1 Å². The Balaban J connectivity index is 1.84. The lowest BCUT2D eigenvalue weighted by molar-refractivity contribution is -0.219. The zero-order valence-corrected chi connectivity index (χ0v) is 18.6. The Hall–Kier alpha value is -3.12. The smallest absolute Gasteiger partial charge is 0.419 e. The molecule has 2 heterocycles. The van der Waals surface area contributed by atoms with Crippen LogP contribution in [-0.4, -0.2) is 39.6 Å². The number of carbonyl (C=O) groups is 2. The summed E-state index contributed by atoms with van der Waals surface area (Å²) in [5.41, 5.74) is -4.74. The van der Waals surface area contributed by atoms with E-state index < -0.39 is 52.9 Å². The van der Waals surface area contributed by atoms with E-state index in [0.29, 0.717) is 6.07 Å². The van der Waals surface area contributed by atoms with Crippen LogP contribution in [-0.2, 0) is 22.3 Å². The number of carbonyl (C=O) groups excluding carboxylic acids is 2. The number of halogens is 6. The maximum Gasteiger partial charge on any atom is 0.419 e. The van der Waals surface area contributed by atoms with Crippen LogP contribution in [0.3, 0.4) is 0 Å². The molecule has 1 aliphatic rings. The highest BCUT2D eigenvalue weighted by Crippen LogP contribution is 2.41. The van der Waals surface area contributed by atoms with Gasteiger partial charge in [0.15, 0.2) is 0 Å². The van der Waals surface area contributed by atoms with Crippen LogP contribution in [0.25, 0.3) is 11.4 Å². The lowest BCUT2D eigenvalue weighted by Gasteiger charge is -2.28. The highest BCUT2D eigenvalue weighted by atomic mass is 19.4. The fraction of sp³-hybridized carbons (Fsp3) is 0.524. The highest BCUT2D eigenvalue weighted by Gasteiger charge is 2.48. The number of aromatic nitrogens is 2. The second kappa shape index (κ2) is 8.27. The van der Waals surface area contributed by atoms with E-state index in [2.05, 4.69) is 10.1 Å². The van der Waals surface area contributed by atoms with E-state index in [1.165, 1.54) is 0 Å². The van der Waals surface area contributed by atoms with Crippen molar-refractivity contribution >= 4 is 11.8 Å². The van der Waals surface area contributed by atoms with Gasteiger partial charge in [-0.25, -0.2) is 0 Å². The molecule has 2 aromatic rings. The largest absolute Gasteiger partial charge is 0.492 e. The van der Waals surface area contributed by atoms with Crippen LogP contribution < -0.4 is 4.74 Å². The van der Waals surface area contributed by atoms with Crippen molar-refractivity contribution in [2.24, 2.45) is 10.8 Å². The molecule has 34 heavy (non-hydrogen) atoms. The SMILES string of the molecule is CC1(C)CC(=O)N(Cc2nc(-c3ccc(OCC(C)(C)C(F)(F)F)c(C(F)(F)F)c3)no2)C1=O. The van der Waals surface area contributed by atoms with E-state index in [9.17, 15) is 35.9 Å². The van der Waals surface area contributed by atoms with Crippen LogP contribution in [0.5, 0.6) is 5.75 Å². The van der Waals surface area contributed by atoms with Crippen molar-refractivity contribution in [2.45, 2.75) is 53.0 Å². The van der Waals surface area contributed by atoms with Crippen LogP contribution in [0.4, 0.5) is 26.3 Å². The molecule has 1 aliphatic heterocycles. The zero-order valence-electron chi connectivity index (χ0n) is 18.6. The van der Waals surface area contributed by atoms with Gasteiger partial charge in [-0.15, -0.1) is 0 Å². The molecule has 0 radical (unpaired) electrons. The molecule has 1 aromatic heterocycles. The van der Waals surface area contributed by atoms with E-state index in [4.69, 9.17) is 9.26 Å². The molecular formula is C21H21F6N3O4. The number of alkyl halides is 6. The maximum absolute atomic E-state index is 13.6. The molecule has 2 amide bonds. The summed E-state index contributed by atoms with van der Waals surface area (Å²) in [5.74, 6) is -2.11. The minimum absolute atomic E-state index is 0.00558. The van der Waals surface area contributed by atoms with Crippen LogP contribution in [0.15, 0.2) is 22.7 Å². The van der Waals surface area contributed by atoms with E-state index in [1.807, 2.05) is 0 Å². The summed E-state index contributed by atoms with van der Waals surface area (Å²) in [4.78, 5) is 29.3. The molecule has 1 saturated heterocycles. The molecule has 0 atom stereocenters.